The molecule has 29 heavy (non-hydrogen) atoms. The number of carboxylic acids is 2. The van der Waals surface area contributed by atoms with Gasteiger partial charge in [-0.2, -0.15) is 0 Å². The van der Waals surface area contributed by atoms with Gasteiger partial charge in [0.05, 0.1) is 18.3 Å². The Hall–Kier alpha value is -3.00. The van der Waals surface area contributed by atoms with Gasteiger partial charge in [0.15, 0.2) is 0 Å². The molecule has 2 heterocycles. The van der Waals surface area contributed by atoms with Crippen molar-refractivity contribution in [2.45, 2.75) is 37.8 Å². The molecule has 0 saturated carbocycles. The second kappa shape index (κ2) is 8.16. The summed E-state index contributed by atoms with van der Waals surface area (Å²) < 4.78 is 0. The van der Waals surface area contributed by atoms with E-state index in [4.69, 9.17) is 0 Å². The molecule has 3 rings (SSSR count). The summed E-state index contributed by atoms with van der Waals surface area (Å²) in [6.07, 6.45) is 3.96. The van der Waals surface area contributed by atoms with Gasteiger partial charge in [0.1, 0.15) is 5.54 Å². The van der Waals surface area contributed by atoms with E-state index in [9.17, 15) is 29.4 Å². The van der Waals surface area contributed by atoms with E-state index >= 15 is 0 Å². The lowest BCUT2D eigenvalue weighted by molar-refractivity contribution is -0.155. The van der Waals surface area contributed by atoms with Crippen LogP contribution >= 0.6 is 0 Å². The Morgan fingerprint density at radius 3 is 2.45 bits per heavy atom. The molecule has 1 aromatic rings. The van der Waals surface area contributed by atoms with Gasteiger partial charge in [-0.1, -0.05) is 55.8 Å². The molecule has 0 aliphatic carbocycles. The molecule has 2 saturated heterocycles. The molecule has 2 aliphatic heterocycles. The number of carbonyl (C=O) groups is 4. The van der Waals surface area contributed by atoms with Crippen molar-refractivity contribution in [2.24, 2.45) is 11.8 Å². The number of carboxylic acid groups (broad SMARTS) is 2. The number of amides is 2. The molecule has 8 nitrogen and oxygen atoms in total. The van der Waals surface area contributed by atoms with Crippen LogP contribution in [-0.4, -0.2) is 57.0 Å². The zero-order chi connectivity index (χ0) is 21.2. The first-order valence-electron chi connectivity index (χ1n) is 9.63. The molecule has 4 unspecified atom stereocenters. The van der Waals surface area contributed by atoms with Gasteiger partial charge in [0.2, 0.25) is 11.8 Å². The van der Waals surface area contributed by atoms with Crippen molar-refractivity contribution in [1.82, 2.24) is 10.2 Å². The van der Waals surface area contributed by atoms with E-state index in [0.29, 0.717) is 6.42 Å². The van der Waals surface area contributed by atoms with Crippen molar-refractivity contribution in [1.29, 1.82) is 0 Å². The van der Waals surface area contributed by atoms with Crippen LogP contribution in [0.15, 0.2) is 36.4 Å². The lowest BCUT2D eigenvalue weighted by atomic mass is 9.78. The first-order valence-corrected chi connectivity index (χ1v) is 9.63. The average Bonchev–Trinajstić information content (AvgIpc) is 3.14. The van der Waals surface area contributed by atoms with Gasteiger partial charge in [-0.25, -0.2) is 0 Å². The van der Waals surface area contributed by atoms with Crippen molar-refractivity contribution < 1.29 is 29.4 Å². The van der Waals surface area contributed by atoms with E-state index < -0.39 is 53.6 Å². The minimum absolute atomic E-state index is 0.207. The summed E-state index contributed by atoms with van der Waals surface area (Å²) in [6.45, 7) is 2.13. The van der Waals surface area contributed by atoms with E-state index in [1.807, 2.05) is 37.3 Å². The Balaban J connectivity index is 2.01. The number of fused-ring (bicyclic) bond motifs is 1. The number of nitrogens with one attached hydrogen (secondary N) is 1. The Kier molecular flexibility index (Phi) is 5.83. The Morgan fingerprint density at radius 2 is 1.86 bits per heavy atom. The van der Waals surface area contributed by atoms with E-state index in [1.165, 1.54) is 0 Å². The van der Waals surface area contributed by atoms with Crippen LogP contribution < -0.4 is 5.32 Å². The van der Waals surface area contributed by atoms with E-state index in [-0.39, 0.29) is 6.54 Å². The van der Waals surface area contributed by atoms with Crippen LogP contribution in [0, 0.1) is 11.8 Å². The number of likely N-dealkylation sites (tertiary alicyclic amines) is 1. The Bertz CT molecular complexity index is 852. The molecule has 8 heteroatoms. The van der Waals surface area contributed by atoms with E-state index in [2.05, 4.69) is 5.32 Å². The summed E-state index contributed by atoms with van der Waals surface area (Å²) in [5.74, 6) is -6.05. The van der Waals surface area contributed by atoms with Gasteiger partial charge in [-0.15, -0.1) is 0 Å². The first kappa shape index (κ1) is 20.7. The normalized spacial score (nSPS) is 28.9. The fourth-order valence-corrected chi connectivity index (χ4v) is 4.26. The number of unbranched alkanes of at least 4 members (excludes halogenated alkanes) is 1. The first-order chi connectivity index (χ1) is 13.8. The summed E-state index contributed by atoms with van der Waals surface area (Å²) >= 11 is 0. The lowest BCUT2D eigenvalue weighted by Crippen LogP contribution is -2.57. The number of carbonyl (C=O) groups excluding carboxylic acids is 2. The van der Waals surface area contributed by atoms with Gasteiger partial charge >= 0.3 is 11.9 Å². The molecule has 0 spiro atoms. The smallest absolute Gasteiger partial charge is 0.325 e. The number of hydrogen-bond donors (Lipinski definition) is 3. The predicted molar refractivity (Wildman–Crippen MR) is 104 cm³/mol. The summed E-state index contributed by atoms with van der Waals surface area (Å²) in [6, 6.07) is 8.47. The van der Waals surface area contributed by atoms with Crippen LogP contribution in [0.4, 0.5) is 0 Å². The fraction of sp³-hybridized carbons (Fsp3) is 0.429. The van der Waals surface area contributed by atoms with Crippen LogP contribution in [-0.2, 0) is 19.2 Å². The predicted octanol–water partition coefficient (Wildman–Crippen LogP) is 1.37. The third-order valence-electron chi connectivity index (χ3n) is 5.63. The minimum atomic E-state index is -2.03. The van der Waals surface area contributed by atoms with Gasteiger partial charge in [-0.3, -0.25) is 29.4 Å². The summed E-state index contributed by atoms with van der Waals surface area (Å²) in [5, 5.41) is 22.0. The van der Waals surface area contributed by atoms with Crippen LogP contribution in [0.3, 0.4) is 0 Å². The molecular weight excluding hydrogens is 376 g/mol. The zero-order valence-electron chi connectivity index (χ0n) is 16.1. The number of benzene rings is 1. The number of hydrogen-bond acceptors (Lipinski definition) is 5. The number of nitrogens with zero attached hydrogens (tertiary/aromatic N) is 1. The molecule has 3 N–H and O–H groups in total. The third-order valence-corrected chi connectivity index (χ3v) is 5.63. The van der Waals surface area contributed by atoms with E-state index in [1.54, 1.807) is 12.2 Å². The monoisotopic (exact) mass is 400 g/mol. The molecule has 1 aromatic carbocycles. The summed E-state index contributed by atoms with van der Waals surface area (Å²) in [7, 11) is 0. The third kappa shape index (κ3) is 3.67. The van der Waals surface area contributed by atoms with Crippen LogP contribution in [0.2, 0.25) is 0 Å². The molecule has 4 atom stereocenters. The quantitative estimate of drug-likeness (QED) is 0.563. The molecule has 0 bridgehead atoms. The number of aliphatic carboxylic acids is 2. The lowest BCUT2D eigenvalue weighted by Gasteiger charge is -2.29. The molecule has 2 fully saturated rings. The van der Waals surface area contributed by atoms with Crippen molar-refractivity contribution in [3.05, 3.63) is 42.0 Å². The average molecular weight is 400 g/mol. The molecule has 2 aliphatic rings. The van der Waals surface area contributed by atoms with Gasteiger partial charge in [0.25, 0.3) is 0 Å². The minimum Gasteiger partial charge on any atom is -0.481 e. The van der Waals surface area contributed by atoms with Crippen LogP contribution in [0.5, 0.6) is 0 Å². The van der Waals surface area contributed by atoms with Crippen molar-refractivity contribution in [2.75, 3.05) is 6.54 Å². The second-order valence-electron chi connectivity index (χ2n) is 7.47. The van der Waals surface area contributed by atoms with Crippen molar-refractivity contribution >= 4 is 29.8 Å². The summed E-state index contributed by atoms with van der Waals surface area (Å²) in [5.41, 5.74) is -1.19. The second-order valence-corrected chi connectivity index (χ2v) is 7.47. The number of imide groups is 1. The maximum atomic E-state index is 13.0. The standard InChI is InChI=1S/C21H24N2O6/c1-2-3-11-23-18(26)16-14(10-9-13-7-5-4-6-8-13)22-21(20(28)29,12-15(24)25)17(16)19(23)27/h4-10,14,16-17,22H,2-3,11-12H2,1H3,(H,24,25)(H,28,29)/b10-9+. The molecular formula is C21H24N2O6. The highest BCUT2D eigenvalue weighted by Crippen LogP contribution is 2.45. The molecule has 2 amide bonds. The summed E-state index contributed by atoms with van der Waals surface area (Å²) in [4.78, 5) is 50.7. The maximum absolute atomic E-state index is 13.0. The van der Waals surface area contributed by atoms with Gasteiger partial charge in [-0.05, 0) is 12.0 Å². The Labute approximate surface area is 168 Å². The highest BCUT2D eigenvalue weighted by Gasteiger charge is 2.68. The molecule has 154 valence electrons. The van der Waals surface area contributed by atoms with E-state index in [0.717, 1.165) is 16.9 Å². The van der Waals surface area contributed by atoms with Crippen molar-refractivity contribution in [3.63, 3.8) is 0 Å². The topological polar surface area (TPSA) is 124 Å². The molecule has 0 aromatic heterocycles. The van der Waals surface area contributed by atoms with Crippen LogP contribution in [0.1, 0.15) is 31.7 Å². The van der Waals surface area contributed by atoms with Crippen molar-refractivity contribution in [3.8, 4) is 0 Å². The SMILES string of the molecule is CCCCN1C(=O)C2C(/C=C/c3ccccc3)NC(CC(=O)O)(C(=O)O)C2C1=O. The zero-order valence-corrected chi connectivity index (χ0v) is 16.1. The molecule has 0 radical (unpaired) electrons. The number of rotatable bonds is 8. The highest BCUT2D eigenvalue weighted by molar-refractivity contribution is 6.10. The largest absolute Gasteiger partial charge is 0.481 e. The van der Waals surface area contributed by atoms with Crippen LogP contribution in [0.25, 0.3) is 6.08 Å². The van der Waals surface area contributed by atoms with Gasteiger partial charge < -0.3 is 10.2 Å². The highest BCUT2D eigenvalue weighted by atomic mass is 16.4. The maximum Gasteiger partial charge on any atom is 0.325 e. The fourth-order valence-electron chi connectivity index (χ4n) is 4.26. The van der Waals surface area contributed by atoms with Gasteiger partial charge in [0, 0.05) is 12.6 Å². The Morgan fingerprint density at radius 1 is 1.17 bits per heavy atom.